The van der Waals surface area contributed by atoms with Gasteiger partial charge in [0.05, 0.1) is 6.61 Å². The van der Waals surface area contributed by atoms with E-state index < -0.39 is 18.8 Å². The molecule has 0 spiro atoms. The molecule has 2 amide bonds. The van der Waals surface area contributed by atoms with Crippen molar-refractivity contribution in [1.82, 2.24) is 10.2 Å². The first-order chi connectivity index (χ1) is 8.83. The lowest BCUT2D eigenvalue weighted by atomic mass is 10.2. The first kappa shape index (κ1) is 15.7. The summed E-state index contributed by atoms with van der Waals surface area (Å²) in [6, 6.07) is -0.599. The summed E-state index contributed by atoms with van der Waals surface area (Å²) in [5.74, 6) is -0.497. The SMILES string of the molecule is CCC1NC(=O)CCN(CCOCC(F)(F)F)C1=O. The van der Waals surface area contributed by atoms with Crippen LogP contribution in [0.2, 0.25) is 0 Å². The van der Waals surface area contributed by atoms with Crippen LogP contribution in [0.3, 0.4) is 0 Å². The average molecular weight is 282 g/mol. The van der Waals surface area contributed by atoms with E-state index in [1.807, 2.05) is 0 Å². The molecular weight excluding hydrogens is 265 g/mol. The zero-order valence-corrected chi connectivity index (χ0v) is 10.6. The zero-order valence-electron chi connectivity index (χ0n) is 10.6. The van der Waals surface area contributed by atoms with Crippen molar-refractivity contribution in [2.75, 3.05) is 26.3 Å². The minimum absolute atomic E-state index is 0.0559. The molecule has 0 aromatic rings. The van der Waals surface area contributed by atoms with Gasteiger partial charge in [-0.15, -0.1) is 0 Å². The van der Waals surface area contributed by atoms with Gasteiger partial charge in [0.15, 0.2) is 0 Å². The van der Waals surface area contributed by atoms with Gasteiger partial charge in [-0.25, -0.2) is 0 Å². The monoisotopic (exact) mass is 282 g/mol. The zero-order chi connectivity index (χ0) is 14.5. The van der Waals surface area contributed by atoms with E-state index in [0.717, 1.165) is 0 Å². The Kier molecular flexibility index (Phi) is 5.59. The Morgan fingerprint density at radius 3 is 2.68 bits per heavy atom. The van der Waals surface area contributed by atoms with Gasteiger partial charge in [0.2, 0.25) is 11.8 Å². The maximum atomic E-state index is 11.9. The first-order valence-corrected chi connectivity index (χ1v) is 6.06. The summed E-state index contributed by atoms with van der Waals surface area (Å²) in [7, 11) is 0. The van der Waals surface area contributed by atoms with Crippen LogP contribution < -0.4 is 5.32 Å². The van der Waals surface area contributed by atoms with Crippen molar-refractivity contribution in [3.8, 4) is 0 Å². The second-order valence-electron chi connectivity index (χ2n) is 4.27. The smallest absolute Gasteiger partial charge is 0.370 e. The minimum atomic E-state index is -4.37. The van der Waals surface area contributed by atoms with Gasteiger partial charge in [-0.1, -0.05) is 6.92 Å². The van der Waals surface area contributed by atoms with Crippen LogP contribution in [-0.2, 0) is 14.3 Å². The molecule has 1 aliphatic heterocycles. The molecule has 0 saturated carbocycles. The van der Waals surface area contributed by atoms with E-state index in [4.69, 9.17) is 0 Å². The van der Waals surface area contributed by atoms with E-state index in [9.17, 15) is 22.8 Å². The van der Waals surface area contributed by atoms with Crippen LogP contribution in [0.25, 0.3) is 0 Å². The topological polar surface area (TPSA) is 58.6 Å². The highest BCUT2D eigenvalue weighted by atomic mass is 19.4. The second-order valence-corrected chi connectivity index (χ2v) is 4.27. The highest BCUT2D eigenvalue weighted by Gasteiger charge is 2.29. The number of hydrogen-bond acceptors (Lipinski definition) is 3. The summed E-state index contributed by atoms with van der Waals surface area (Å²) in [6.07, 6.45) is -3.77. The summed E-state index contributed by atoms with van der Waals surface area (Å²) in [4.78, 5) is 24.6. The molecule has 19 heavy (non-hydrogen) atoms. The molecule has 1 aliphatic rings. The van der Waals surface area contributed by atoms with E-state index in [0.29, 0.717) is 6.42 Å². The minimum Gasteiger partial charge on any atom is -0.370 e. The number of ether oxygens (including phenoxy) is 1. The lowest BCUT2D eigenvalue weighted by Crippen LogP contribution is -2.45. The van der Waals surface area contributed by atoms with Gasteiger partial charge in [-0.2, -0.15) is 13.2 Å². The molecule has 0 aliphatic carbocycles. The van der Waals surface area contributed by atoms with Gasteiger partial charge in [0.1, 0.15) is 12.6 Å². The summed E-state index contributed by atoms with van der Waals surface area (Å²) in [6.45, 7) is 0.489. The van der Waals surface area contributed by atoms with Crippen LogP contribution in [0.1, 0.15) is 19.8 Å². The Morgan fingerprint density at radius 2 is 2.11 bits per heavy atom. The molecule has 1 atom stereocenters. The molecule has 1 heterocycles. The summed E-state index contributed by atoms with van der Waals surface area (Å²) in [5.41, 5.74) is 0. The third kappa shape index (κ3) is 5.46. The molecule has 8 heteroatoms. The molecule has 110 valence electrons. The summed E-state index contributed by atoms with van der Waals surface area (Å²) >= 11 is 0. The second kappa shape index (κ2) is 6.74. The largest absolute Gasteiger partial charge is 0.411 e. The molecule has 1 N–H and O–H groups in total. The lowest BCUT2D eigenvalue weighted by molar-refractivity contribution is -0.174. The molecule has 1 saturated heterocycles. The van der Waals surface area contributed by atoms with Crippen LogP contribution in [-0.4, -0.2) is 55.2 Å². The average Bonchev–Trinajstić information content (AvgIpc) is 2.45. The third-order valence-corrected chi connectivity index (χ3v) is 2.73. The highest BCUT2D eigenvalue weighted by molar-refractivity contribution is 5.89. The fraction of sp³-hybridized carbons (Fsp3) is 0.818. The third-order valence-electron chi connectivity index (χ3n) is 2.73. The van der Waals surface area contributed by atoms with Crippen molar-refractivity contribution in [2.45, 2.75) is 32.0 Å². The number of amides is 2. The molecule has 0 aromatic heterocycles. The summed E-state index contributed by atoms with van der Waals surface area (Å²) in [5, 5.41) is 2.57. The maximum Gasteiger partial charge on any atom is 0.411 e. The molecule has 0 aromatic carbocycles. The normalized spacial score (nSPS) is 21.3. The van der Waals surface area contributed by atoms with Crippen molar-refractivity contribution in [3.63, 3.8) is 0 Å². The van der Waals surface area contributed by atoms with Crippen LogP contribution in [0.15, 0.2) is 0 Å². The number of carbonyl (C=O) groups excluding carboxylic acids is 2. The molecule has 5 nitrogen and oxygen atoms in total. The number of nitrogens with zero attached hydrogens (tertiary/aromatic N) is 1. The first-order valence-electron chi connectivity index (χ1n) is 6.06. The van der Waals surface area contributed by atoms with Gasteiger partial charge in [-0.3, -0.25) is 9.59 Å². The van der Waals surface area contributed by atoms with Crippen LogP contribution in [0.5, 0.6) is 0 Å². The van der Waals surface area contributed by atoms with Gasteiger partial charge >= 0.3 is 6.18 Å². The lowest BCUT2D eigenvalue weighted by Gasteiger charge is -2.23. The van der Waals surface area contributed by atoms with Crippen molar-refractivity contribution in [2.24, 2.45) is 0 Å². The van der Waals surface area contributed by atoms with E-state index >= 15 is 0 Å². The molecule has 0 bridgehead atoms. The fourth-order valence-corrected chi connectivity index (χ4v) is 1.76. The maximum absolute atomic E-state index is 11.9. The predicted molar refractivity (Wildman–Crippen MR) is 60.3 cm³/mol. The molecule has 1 unspecified atom stereocenters. The van der Waals surface area contributed by atoms with Crippen molar-refractivity contribution in [3.05, 3.63) is 0 Å². The standard InChI is InChI=1S/C11H17F3N2O3/c1-2-8-10(18)16(4-3-9(17)15-8)5-6-19-7-11(12,13)14/h8H,2-7H2,1H3,(H,15,17). The number of rotatable bonds is 5. The number of nitrogens with one attached hydrogen (secondary N) is 1. The summed E-state index contributed by atoms with van der Waals surface area (Å²) < 4.78 is 40.1. The van der Waals surface area contributed by atoms with Gasteiger partial charge in [0.25, 0.3) is 0 Å². The van der Waals surface area contributed by atoms with Crippen LogP contribution in [0.4, 0.5) is 13.2 Å². The molecule has 1 rings (SSSR count). The van der Waals surface area contributed by atoms with Gasteiger partial charge in [0, 0.05) is 19.5 Å². The van der Waals surface area contributed by atoms with Crippen molar-refractivity contribution in [1.29, 1.82) is 0 Å². The Labute approximate surface area is 109 Å². The van der Waals surface area contributed by atoms with Crippen LogP contribution >= 0.6 is 0 Å². The van der Waals surface area contributed by atoms with E-state index in [1.165, 1.54) is 4.90 Å². The van der Waals surface area contributed by atoms with Gasteiger partial charge in [-0.05, 0) is 6.42 Å². The van der Waals surface area contributed by atoms with Gasteiger partial charge < -0.3 is 15.0 Å². The number of hydrogen-bond donors (Lipinski definition) is 1. The molecule has 1 fully saturated rings. The highest BCUT2D eigenvalue weighted by Crippen LogP contribution is 2.14. The predicted octanol–water partition coefficient (Wildman–Crippen LogP) is 0.692. The molecule has 0 radical (unpaired) electrons. The quantitative estimate of drug-likeness (QED) is 0.755. The Balaban J connectivity index is 2.43. The van der Waals surface area contributed by atoms with E-state index in [1.54, 1.807) is 6.92 Å². The molecular formula is C11H17F3N2O3. The van der Waals surface area contributed by atoms with E-state index in [2.05, 4.69) is 10.1 Å². The Morgan fingerprint density at radius 1 is 1.42 bits per heavy atom. The van der Waals surface area contributed by atoms with E-state index in [-0.39, 0.29) is 37.9 Å². The fourth-order valence-electron chi connectivity index (χ4n) is 1.76. The number of alkyl halides is 3. The van der Waals surface area contributed by atoms with Crippen LogP contribution in [0, 0.1) is 0 Å². The van der Waals surface area contributed by atoms with Crippen molar-refractivity contribution >= 4 is 11.8 Å². The number of carbonyl (C=O) groups is 2. The number of halogens is 3. The Hall–Kier alpha value is -1.31. The Bertz CT molecular complexity index is 334. The van der Waals surface area contributed by atoms with Crippen molar-refractivity contribution < 1.29 is 27.5 Å².